The lowest BCUT2D eigenvalue weighted by atomic mass is 9.78. The predicted molar refractivity (Wildman–Crippen MR) is 138 cm³/mol. The van der Waals surface area contributed by atoms with Crippen LogP contribution in [0.2, 0.25) is 5.02 Å². The van der Waals surface area contributed by atoms with Gasteiger partial charge in [-0.15, -0.1) is 0 Å². The number of carbonyl (C=O) groups is 3. The molecule has 13 heteroatoms. The second-order valence-electron chi connectivity index (χ2n) is 10.2. The van der Waals surface area contributed by atoms with Crippen LogP contribution in [0.25, 0.3) is 0 Å². The molecular weight excluding hydrogens is 536 g/mol. The van der Waals surface area contributed by atoms with Gasteiger partial charge >= 0.3 is 5.97 Å². The number of hydrogen-bond donors (Lipinski definition) is 3. The third-order valence-corrected chi connectivity index (χ3v) is 8.16. The van der Waals surface area contributed by atoms with Gasteiger partial charge in [-0.05, 0) is 43.4 Å². The summed E-state index contributed by atoms with van der Waals surface area (Å²) in [5.74, 6) is 2.76. The maximum Gasteiger partial charge on any atom is 0.307 e. The molecule has 0 radical (unpaired) electrons. The minimum atomic E-state index is -2.93. The number of halogens is 3. The summed E-state index contributed by atoms with van der Waals surface area (Å²) in [7, 11) is 1.24. The Morgan fingerprint density at radius 2 is 1.87 bits per heavy atom. The molecule has 10 nitrogen and oxygen atoms in total. The van der Waals surface area contributed by atoms with E-state index in [9.17, 15) is 28.3 Å². The monoisotopic (exact) mass is 569 g/mol. The number of rotatable bonds is 8. The summed E-state index contributed by atoms with van der Waals surface area (Å²) in [4.78, 5) is 42.1. The molecule has 1 aromatic rings. The SMILES string of the molecule is CN(N)/C(=C(\N)COc1ccc(Cl)c2c1C(N1CCCC1=O)N(C(=O)C1CCCCC1C(=O)O)CC2)C(F)F. The zero-order valence-electron chi connectivity index (χ0n) is 21.7. The second-order valence-corrected chi connectivity index (χ2v) is 10.6. The van der Waals surface area contributed by atoms with Crippen LogP contribution in [0, 0.1) is 11.8 Å². The molecule has 2 amide bonds. The topological polar surface area (TPSA) is 142 Å². The molecule has 39 heavy (non-hydrogen) atoms. The minimum Gasteiger partial charge on any atom is -0.487 e. The third kappa shape index (κ3) is 5.76. The van der Waals surface area contributed by atoms with E-state index in [1.807, 2.05) is 0 Å². The van der Waals surface area contributed by atoms with Crippen molar-refractivity contribution in [3.8, 4) is 5.75 Å². The van der Waals surface area contributed by atoms with Crippen molar-refractivity contribution in [1.29, 1.82) is 0 Å². The van der Waals surface area contributed by atoms with E-state index in [4.69, 9.17) is 27.9 Å². The molecule has 1 aromatic carbocycles. The quantitative estimate of drug-likeness (QED) is 0.320. The number of benzene rings is 1. The number of nitrogens with two attached hydrogens (primary N) is 2. The number of carboxylic acid groups (broad SMARTS) is 1. The number of allylic oxidation sites excluding steroid dienone is 1. The highest BCUT2D eigenvalue weighted by Crippen LogP contribution is 2.45. The van der Waals surface area contributed by atoms with E-state index in [0.29, 0.717) is 54.8 Å². The Morgan fingerprint density at radius 3 is 2.46 bits per heavy atom. The van der Waals surface area contributed by atoms with Crippen molar-refractivity contribution in [2.45, 2.75) is 57.5 Å². The van der Waals surface area contributed by atoms with Gasteiger partial charge in [-0.1, -0.05) is 24.4 Å². The van der Waals surface area contributed by atoms with Crippen LogP contribution in [-0.4, -0.2) is 70.9 Å². The summed E-state index contributed by atoms with van der Waals surface area (Å²) in [6.45, 7) is 0.205. The van der Waals surface area contributed by atoms with Gasteiger partial charge in [0, 0.05) is 37.1 Å². The smallest absolute Gasteiger partial charge is 0.307 e. The van der Waals surface area contributed by atoms with Crippen molar-refractivity contribution in [2.75, 3.05) is 26.7 Å². The normalized spacial score (nSPS) is 23.9. The van der Waals surface area contributed by atoms with Gasteiger partial charge in [-0.25, -0.2) is 14.6 Å². The van der Waals surface area contributed by atoms with Crippen LogP contribution >= 0.6 is 11.6 Å². The number of aliphatic carboxylic acids is 1. The maximum absolute atomic E-state index is 14.0. The number of amides is 2. The largest absolute Gasteiger partial charge is 0.487 e. The summed E-state index contributed by atoms with van der Waals surface area (Å²) >= 11 is 6.56. The summed E-state index contributed by atoms with van der Waals surface area (Å²) < 4.78 is 32.9. The fourth-order valence-electron chi connectivity index (χ4n) is 5.96. The first-order valence-corrected chi connectivity index (χ1v) is 13.4. The average molecular weight is 570 g/mol. The molecule has 1 saturated heterocycles. The first-order valence-electron chi connectivity index (χ1n) is 13.0. The van der Waals surface area contributed by atoms with E-state index in [2.05, 4.69) is 0 Å². The molecule has 3 atom stereocenters. The number of likely N-dealkylation sites (tertiary alicyclic amines) is 1. The lowest BCUT2D eigenvalue weighted by molar-refractivity contribution is -0.157. The zero-order chi connectivity index (χ0) is 28.4. The average Bonchev–Trinajstić information content (AvgIpc) is 3.32. The van der Waals surface area contributed by atoms with Gasteiger partial charge < -0.3 is 30.4 Å². The molecule has 3 aliphatic rings. The van der Waals surface area contributed by atoms with Crippen molar-refractivity contribution < 1.29 is 33.0 Å². The molecule has 2 fully saturated rings. The van der Waals surface area contributed by atoms with E-state index in [1.54, 1.807) is 21.9 Å². The minimum absolute atomic E-state index is 0.154. The number of fused-ring (bicyclic) bond motifs is 1. The molecule has 0 aromatic heterocycles. The van der Waals surface area contributed by atoms with E-state index in [0.717, 1.165) is 17.9 Å². The Bertz CT molecular complexity index is 1150. The van der Waals surface area contributed by atoms with Crippen LogP contribution < -0.4 is 16.3 Å². The van der Waals surface area contributed by atoms with Gasteiger partial charge in [0.15, 0.2) is 0 Å². The zero-order valence-corrected chi connectivity index (χ0v) is 22.5. The molecular formula is C26H34ClF2N5O5. The molecule has 4 rings (SSSR count). The van der Waals surface area contributed by atoms with Gasteiger partial charge in [0.25, 0.3) is 6.43 Å². The standard InChI is InChI=1S/C26H34ClF2N5O5/c1-32(31)22(23(28)29)18(30)13-39-19-9-8-17(27)16-10-12-34(24(21(16)19)33-11-4-7-20(33)35)25(36)14-5-2-3-6-15(14)26(37)38/h8-9,14-15,23-24H,2-7,10-13,30-31H2,1H3,(H,37,38)/b22-18-. The number of carboxylic acids is 1. The Kier molecular flexibility index (Phi) is 8.85. The second kappa shape index (κ2) is 12.0. The number of hydrogen-bond acceptors (Lipinski definition) is 7. The van der Waals surface area contributed by atoms with E-state index in [-0.39, 0.29) is 29.8 Å². The molecule has 3 unspecified atom stereocenters. The molecule has 214 valence electrons. The third-order valence-electron chi connectivity index (χ3n) is 7.80. The highest BCUT2D eigenvalue weighted by Gasteiger charge is 2.46. The van der Waals surface area contributed by atoms with Gasteiger partial charge in [-0.2, -0.15) is 0 Å². The van der Waals surface area contributed by atoms with Crippen LogP contribution in [0.3, 0.4) is 0 Å². The van der Waals surface area contributed by atoms with Crippen molar-refractivity contribution in [3.05, 3.63) is 39.7 Å². The summed E-state index contributed by atoms with van der Waals surface area (Å²) in [6, 6.07) is 3.17. The summed E-state index contributed by atoms with van der Waals surface area (Å²) in [6.07, 6.45) is -0.213. The van der Waals surface area contributed by atoms with E-state index < -0.39 is 42.7 Å². The van der Waals surface area contributed by atoms with Crippen LogP contribution in [0.5, 0.6) is 5.75 Å². The Hall–Kier alpha value is -3.12. The molecule has 0 spiro atoms. The maximum atomic E-state index is 14.0. The first kappa shape index (κ1) is 28.9. The molecule has 5 N–H and O–H groups in total. The van der Waals surface area contributed by atoms with Crippen molar-refractivity contribution in [1.82, 2.24) is 14.8 Å². The number of hydrazine groups is 1. The van der Waals surface area contributed by atoms with Crippen molar-refractivity contribution in [2.24, 2.45) is 23.4 Å². The van der Waals surface area contributed by atoms with E-state index in [1.165, 1.54) is 7.05 Å². The first-order chi connectivity index (χ1) is 18.5. The predicted octanol–water partition coefficient (Wildman–Crippen LogP) is 2.86. The molecule has 1 aliphatic carbocycles. The van der Waals surface area contributed by atoms with Crippen molar-refractivity contribution in [3.63, 3.8) is 0 Å². The molecule has 2 aliphatic heterocycles. The van der Waals surface area contributed by atoms with Crippen LogP contribution in [0.4, 0.5) is 8.78 Å². The Balaban J connectivity index is 1.76. The van der Waals surface area contributed by atoms with Gasteiger partial charge in [0.2, 0.25) is 11.8 Å². The summed E-state index contributed by atoms with van der Waals surface area (Å²) in [5, 5.41) is 11.0. The van der Waals surface area contributed by atoms with Crippen molar-refractivity contribution >= 4 is 29.4 Å². The van der Waals surface area contributed by atoms with Gasteiger partial charge in [-0.3, -0.25) is 14.4 Å². The fourth-order valence-corrected chi connectivity index (χ4v) is 6.22. The highest BCUT2D eigenvalue weighted by molar-refractivity contribution is 6.31. The molecule has 1 saturated carbocycles. The Morgan fingerprint density at radius 1 is 1.18 bits per heavy atom. The number of nitrogens with zero attached hydrogens (tertiary/aromatic N) is 3. The fraction of sp³-hybridized carbons (Fsp3) is 0.577. The Labute approximate surface area is 230 Å². The highest BCUT2D eigenvalue weighted by atomic mass is 35.5. The number of carbonyl (C=O) groups excluding carboxylic acids is 2. The summed E-state index contributed by atoms with van der Waals surface area (Å²) in [5.41, 5.74) is 6.20. The molecule has 2 heterocycles. The lowest BCUT2D eigenvalue weighted by Gasteiger charge is -2.45. The molecule has 0 bridgehead atoms. The van der Waals surface area contributed by atoms with E-state index >= 15 is 0 Å². The van der Waals surface area contributed by atoms with Crippen LogP contribution in [0.15, 0.2) is 23.5 Å². The van der Waals surface area contributed by atoms with Crippen LogP contribution in [0.1, 0.15) is 55.8 Å². The number of ether oxygens (including phenoxy) is 1. The van der Waals surface area contributed by atoms with Gasteiger partial charge in [0.1, 0.15) is 24.2 Å². The van der Waals surface area contributed by atoms with Crippen LogP contribution in [-0.2, 0) is 20.8 Å². The number of alkyl halides is 2. The van der Waals surface area contributed by atoms with Gasteiger partial charge in [0.05, 0.1) is 17.5 Å². The lowest BCUT2D eigenvalue weighted by Crippen LogP contribution is -2.52.